The van der Waals surface area contributed by atoms with Crippen LogP contribution in [0.15, 0.2) is 109 Å². The number of benzene rings is 6. The molecule has 1 atom stereocenters. The second-order valence-corrected chi connectivity index (χ2v) is 14.7. The van der Waals surface area contributed by atoms with Crippen molar-refractivity contribution in [3.63, 3.8) is 0 Å². The molecular weight excluding hydrogens is 610 g/mol. The lowest BCUT2D eigenvalue weighted by molar-refractivity contribution is -0.137. The highest BCUT2D eigenvalue weighted by molar-refractivity contribution is 5.89. The zero-order valence-corrected chi connectivity index (χ0v) is 27.4. The quantitative estimate of drug-likeness (QED) is 0.180. The number of hydrogen-bond acceptors (Lipinski definition) is 0. The maximum absolute atomic E-state index is 14.9. The molecule has 0 N–H and O–H groups in total. The van der Waals surface area contributed by atoms with E-state index in [1.807, 2.05) is 36.4 Å². The molecule has 240 valence electrons. The van der Waals surface area contributed by atoms with Crippen molar-refractivity contribution in [1.82, 2.24) is 0 Å². The Kier molecular flexibility index (Phi) is 6.26. The summed E-state index contributed by atoms with van der Waals surface area (Å²) in [5.74, 6) is 0.528. The summed E-state index contributed by atoms with van der Waals surface area (Å²) >= 11 is 0. The van der Waals surface area contributed by atoms with Crippen LogP contribution in [-0.2, 0) is 31.9 Å². The van der Waals surface area contributed by atoms with Gasteiger partial charge in [-0.1, -0.05) is 85.8 Å². The Morgan fingerprint density at radius 3 is 1.80 bits per heavy atom. The summed E-state index contributed by atoms with van der Waals surface area (Å²) in [6, 6.07) is 37.8. The molecule has 1 saturated carbocycles. The molecule has 0 aromatic heterocycles. The second kappa shape index (κ2) is 10.6. The second-order valence-electron chi connectivity index (χ2n) is 14.7. The number of rotatable bonds is 3. The van der Waals surface area contributed by atoms with E-state index < -0.39 is 11.7 Å². The number of aryl methyl sites for hydroxylation is 2. The molecule has 0 radical (unpaired) electrons. The molecule has 0 nitrogen and oxygen atoms in total. The average Bonchev–Trinajstić information content (AvgIpc) is 3.90. The Morgan fingerprint density at radius 1 is 0.490 bits per heavy atom. The molecule has 6 aromatic rings. The van der Waals surface area contributed by atoms with E-state index in [1.54, 1.807) is 0 Å². The Hall–Kier alpha value is -4.89. The first-order valence-corrected chi connectivity index (χ1v) is 17.7. The average molecular weight is 645 g/mol. The zero-order chi connectivity index (χ0) is 33.0. The van der Waals surface area contributed by atoms with Gasteiger partial charge in [-0.05, 0) is 175 Å². The van der Waals surface area contributed by atoms with Gasteiger partial charge >= 0.3 is 6.18 Å². The van der Waals surface area contributed by atoms with E-state index in [-0.39, 0.29) is 11.5 Å². The number of fused-ring (bicyclic) bond motifs is 9. The van der Waals surface area contributed by atoms with Crippen molar-refractivity contribution in [2.75, 3.05) is 0 Å². The lowest BCUT2D eigenvalue weighted by atomic mass is 9.75. The van der Waals surface area contributed by atoms with Crippen LogP contribution in [0.3, 0.4) is 0 Å². The van der Waals surface area contributed by atoms with E-state index in [2.05, 4.69) is 73.7 Å². The molecule has 0 spiro atoms. The number of alkyl halides is 3. The summed E-state index contributed by atoms with van der Waals surface area (Å²) in [7, 11) is 0. The van der Waals surface area contributed by atoms with Crippen molar-refractivity contribution in [3.8, 4) is 55.6 Å². The molecule has 0 saturated heterocycles. The molecule has 0 bridgehead atoms. The van der Waals surface area contributed by atoms with E-state index in [0.29, 0.717) is 11.5 Å². The standard InChI is InChI=1S/C46H35F3/c1-26-18-34-22-39(29-12-13-29)41(32-15-14-28-11-10-27-6-2-4-8-35(27)38(28)20-32)23-42(34)44-24-43(45(25-37(26)44)46(47,48)49)33-17-16-31-19-30-7-3-5-9-36(30)40(31)21-33/h2-9,14-17,20-26,29H,10-13,18-19H2,1H3/t26-/m1/s1. The van der Waals surface area contributed by atoms with Gasteiger partial charge in [-0.15, -0.1) is 0 Å². The van der Waals surface area contributed by atoms with Crippen LogP contribution in [-0.4, -0.2) is 0 Å². The summed E-state index contributed by atoms with van der Waals surface area (Å²) < 4.78 is 44.8. The third kappa shape index (κ3) is 4.65. The fraction of sp³-hybridized carbons (Fsp3) is 0.217. The van der Waals surface area contributed by atoms with Gasteiger partial charge < -0.3 is 0 Å². The monoisotopic (exact) mass is 644 g/mol. The molecule has 0 aliphatic heterocycles. The van der Waals surface area contributed by atoms with Crippen molar-refractivity contribution in [3.05, 3.63) is 154 Å². The normalized spacial score (nSPS) is 17.0. The van der Waals surface area contributed by atoms with Gasteiger partial charge in [0, 0.05) is 0 Å². The minimum Gasteiger partial charge on any atom is -0.166 e. The Bertz CT molecular complexity index is 2350. The van der Waals surface area contributed by atoms with Crippen molar-refractivity contribution in [2.24, 2.45) is 0 Å². The molecule has 10 rings (SSSR count). The van der Waals surface area contributed by atoms with E-state index in [4.69, 9.17) is 0 Å². The summed E-state index contributed by atoms with van der Waals surface area (Å²) in [6.07, 6.45) is 1.55. The molecule has 49 heavy (non-hydrogen) atoms. The molecule has 6 aromatic carbocycles. The Labute approximate surface area is 285 Å². The van der Waals surface area contributed by atoms with Gasteiger partial charge in [0.1, 0.15) is 0 Å². The SMILES string of the molecule is C[C@@H]1Cc2cc(C3CC3)c(-c3ccc4c(c3)-c3ccccc3CC4)cc2-c2cc(-c3ccc4c(c3)-c3ccccc3C4)c(C(F)(F)F)cc21. The maximum Gasteiger partial charge on any atom is 0.417 e. The van der Waals surface area contributed by atoms with Gasteiger partial charge in [0.2, 0.25) is 0 Å². The Morgan fingerprint density at radius 2 is 1.06 bits per heavy atom. The third-order valence-electron chi connectivity index (χ3n) is 11.6. The lowest BCUT2D eigenvalue weighted by Gasteiger charge is -2.30. The van der Waals surface area contributed by atoms with Crippen LogP contribution in [0.2, 0.25) is 0 Å². The van der Waals surface area contributed by atoms with Gasteiger partial charge in [-0.25, -0.2) is 0 Å². The largest absolute Gasteiger partial charge is 0.417 e. The van der Waals surface area contributed by atoms with Crippen molar-refractivity contribution >= 4 is 0 Å². The molecule has 4 aliphatic carbocycles. The fourth-order valence-corrected chi connectivity index (χ4v) is 9.01. The Balaban J connectivity index is 1.17. The summed E-state index contributed by atoms with van der Waals surface area (Å²) in [6.45, 7) is 2.08. The summed E-state index contributed by atoms with van der Waals surface area (Å²) in [5, 5.41) is 0. The predicted octanol–water partition coefficient (Wildman–Crippen LogP) is 12.6. The van der Waals surface area contributed by atoms with Crippen LogP contribution in [0, 0.1) is 0 Å². The van der Waals surface area contributed by atoms with Crippen LogP contribution in [0.5, 0.6) is 0 Å². The molecule has 0 unspecified atom stereocenters. The fourth-order valence-electron chi connectivity index (χ4n) is 9.01. The van der Waals surface area contributed by atoms with E-state index in [9.17, 15) is 13.2 Å². The smallest absolute Gasteiger partial charge is 0.166 e. The van der Waals surface area contributed by atoms with Gasteiger partial charge in [0.05, 0.1) is 5.56 Å². The number of hydrogen-bond donors (Lipinski definition) is 0. The van der Waals surface area contributed by atoms with Crippen LogP contribution >= 0.6 is 0 Å². The van der Waals surface area contributed by atoms with Crippen LogP contribution < -0.4 is 0 Å². The highest BCUT2D eigenvalue weighted by atomic mass is 19.4. The van der Waals surface area contributed by atoms with Gasteiger partial charge in [0.25, 0.3) is 0 Å². The first-order valence-electron chi connectivity index (χ1n) is 17.7. The third-order valence-corrected chi connectivity index (χ3v) is 11.6. The summed E-state index contributed by atoms with van der Waals surface area (Å²) in [5.41, 5.74) is 18.2. The van der Waals surface area contributed by atoms with E-state index in [0.717, 1.165) is 53.5 Å². The van der Waals surface area contributed by atoms with Crippen LogP contribution in [0.4, 0.5) is 13.2 Å². The topological polar surface area (TPSA) is 0 Å². The highest BCUT2D eigenvalue weighted by Gasteiger charge is 2.37. The minimum atomic E-state index is -4.47. The van der Waals surface area contributed by atoms with Crippen molar-refractivity contribution in [1.29, 1.82) is 0 Å². The lowest BCUT2D eigenvalue weighted by Crippen LogP contribution is -2.14. The van der Waals surface area contributed by atoms with Crippen LogP contribution in [0.25, 0.3) is 55.6 Å². The number of halogens is 3. The molecule has 1 fully saturated rings. The molecule has 0 amide bonds. The van der Waals surface area contributed by atoms with E-state index >= 15 is 0 Å². The zero-order valence-electron chi connectivity index (χ0n) is 27.4. The molecule has 3 heteroatoms. The first-order chi connectivity index (χ1) is 23.8. The van der Waals surface area contributed by atoms with Crippen LogP contribution in [0.1, 0.15) is 76.1 Å². The summed E-state index contributed by atoms with van der Waals surface area (Å²) in [4.78, 5) is 0. The predicted molar refractivity (Wildman–Crippen MR) is 193 cm³/mol. The van der Waals surface area contributed by atoms with Gasteiger partial charge in [-0.3, -0.25) is 0 Å². The highest BCUT2D eigenvalue weighted by Crippen LogP contribution is 2.52. The van der Waals surface area contributed by atoms with Gasteiger partial charge in [0.15, 0.2) is 0 Å². The minimum absolute atomic E-state index is 0.0114. The van der Waals surface area contributed by atoms with E-state index in [1.165, 1.54) is 74.5 Å². The molecule has 4 aliphatic rings. The van der Waals surface area contributed by atoms with Gasteiger partial charge in [-0.2, -0.15) is 13.2 Å². The molecular formula is C46H35F3. The first kappa shape index (κ1) is 29.1. The maximum atomic E-state index is 14.9. The van der Waals surface area contributed by atoms with Crippen molar-refractivity contribution < 1.29 is 13.2 Å². The van der Waals surface area contributed by atoms with Crippen molar-refractivity contribution in [2.45, 2.75) is 63.5 Å². The molecule has 0 heterocycles.